The summed E-state index contributed by atoms with van der Waals surface area (Å²) in [6.45, 7) is 2.03. The summed E-state index contributed by atoms with van der Waals surface area (Å²) in [7, 11) is 1.38. The normalized spacial score (nSPS) is 10.2. The quantitative estimate of drug-likeness (QED) is 0.312. The van der Waals surface area contributed by atoms with Crippen LogP contribution in [0.3, 0.4) is 0 Å². The van der Waals surface area contributed by atoms with Crippen molar-refractivity contribution >= 4 is 12.0 Å². The molecule has 3 nitrogen and oxygen atoms in total. The summed E-state index contributed by atoms with van der Waals surface area (Å²) in [5.74, 6) is 0. The first-order valence-corrected chi connectivity index (χ1v) is 4.18. The molecule has 0 amide bonds. The second-order valence-corrected chi connectivity index (χ2v) is 2.97. The fraction of sp³-hybridized carbons (Fsp3) is 0.250. The Bertz CT molecular complexity index is 222. The summed E-state index contributed by atoms with van der Waals surface area (Å²) < 4.78 is 4.60. The van der Waals surface area contributed by atoms with Crippen molar-refractivity contribution < 1.29 is 14.3 Å². The van der Waals surface area contributed by atoms with Crippen molar-refractivity contribution in [3.63, 3.8) is 0 Å². The first kappa shape index (κ1) is 9.54. The van der Waals surface area contributed by atoms with Gasteiger partial charge in [0.2, 0.25) is 0 Å². The Kier molecular flexibility index (Phi) is 4.10. The lowest BCUT2D eigenvalue weighted by molar-refractivity contribution is -0.447. The summed E-state index contributed by atoms with van der Waals surface area (Å²) in [4.78, 5) is 5.21. The molecule has 4 heteroatoms. The number of aryl methyl sites for hydroxylation is 1. The molecule has 1 aromatic carbocycles. The highest BCUT2D eigenvalue weighted by atomic mass is 32.2. The Balaban J connectivity index is 2.37. The molecule has 0 heterocycles. The Morgan fingerprint density at radius 2 is 1.83 bits per heavy atom. The van der Waals surface area contributed by atoms with Crippen molar-refractivity contribution in [3.8, 4) is 0 Å². The van der Waals surface area contributed by atoms with E-state index in [1.165, 1.54) is 12.7 Å². The van der Waals surface area contributed by atoms with Crippen molar-refractivity contribution in [2.75, 3.05) is 7.11 Å². The maximum atomic E-state index is 4.60. The highest BCUT2D eigenvalue weighted by Gasteiger charge is 1.94. The van der Waals surface area contributed by atoms with Crippen LogP contribution in [0.15, 0.2) is 29.2 Å². The summed E-state index contributed by atoms with van der Waals surface area (Å²) in [5, 5.41) is 4.23. The van der Waals surface area contributed by atoms with Crippen LogP contribution in [-0.4, -0.2) is 7.11 Å². The number of benzene rings is 1. The lowest BCUT2D eigenvalue weighted by Crippen LogP contribution is -1.83. The van der Waals surface area contributed by atoms with Crippen molar-refractivity contribution in [2.45, 2.75) is 11.8 Å². The zero-order valence-corrected chi connectivity index (χ0v) is 7.76. The number of hydrogen-bond donors (Lipinski definition) is 0. The van der Waals surface area contributed by atoms with Crippen LogP contribution in [0.2, 0.25) is 0 Å². The smallest absolute Gasteiger partial charge is 0.0744 e. The van der Waals surface area contributed by atoms with Gasteiger partial charge in [-0.2, -0.15) is 0 Å². The minimum absolute atomic E-state index is 0.970. The highest BCUT2D eigenvalue weighted by molar-refractivity contribution is 7.94. The minimum Gasteiger partial charge on any atom is -0.209 e. The van der Waals surface area contributed by atoms with Crippen LogP contribution in [0.1, 0.15) is 5.56 Å². The van der Waals surface area contributed by atoms with Crippen LogP contribution >= 0.6 is 12.0 Å². The van der Waals surface area contributed by atoms with Gasteiger partial charge in [0.05, 0.1) is 19.2 Å². The SMILES string of the molecule is COOOSc1ccc(C)cc1. The Hall–Kier alpha value is -0.550. The first-order valence-electron chi connectivity index (χ1n) is 3.43. The Morgan fingerprint density at radius 1 is 1.17 bits per heavy atom. The molecule has 0 fully saturated rings. The zero-order chi connectivity index (χ0) is 8.81. The van der Waals surface area contributed by atoms with Crippen LogP contribution in [-0.2, 0) is 14.3 Å². The van der Waals surface area contributed by atoms with Gasteiger partial charge in [-0.3, -0.25) is 0 Å². The summed E-state index contributed by atoms with van der Waals surface area (Å²) >= 11 is 1.11. The third kappa shape index (κ3) is 3.23. The molecule has 0 saturated heterocycles. The van der Waals surface area contributed by atoms with Gasteiger partial charge in [0, 0.05) is 4.90 Å². The van der Waals surface area contributed by atoms with Gasteiger partial charge in [-0.05, 0) is 19.1 Å². The van der Waals surface area contributed by atoms with Crippen LogP contribution in [0.4, 0.5) is 0 Å². The predicted molar refractivity (Wildman–Crippen MR) is 46.2 cm³/mol. The standard InChI is InChI=1S/C8H10O3S/c1-7-3-5-8(6-4-7)12-11-10-9-2/h3-6H,1-2H3. The Labute approximate surface area is 75.7 Å². The molecule has 0 bridgehead atoms. The van der Waals surface area contributed by atoms with Crippen molar-refractivity contribution in [1.82, 2.24) is 0 Å². The van der Waals surface area contributed by atoms with Crippen LogP contribution < -0.4 is 0 Å². The van der Waals surface area contributed by atoms with Crippen molar-refractivity contribution in [2.24, 2.45) is 0 Å². The van der Waals surface area contributed by atoms with E-state index in [0.717, 1.165) is 16.9 Å². The lowest BCUT2D eigenvalue weighted by atomic mass is 10.2. The second-order valence-electron chi connectivity index (χ2n) is 2.20. The molecule has 0 N–H and O–H groups in total. The summed E-state index contributed by atoms with van der Waals surface area (Å²) in [6, 6.07) is 7.88. The van der Waals surface area contributed by atoms with E-state index in [1.807, 2.05) is 31.2 Å². The molecule has 0 aliphatic rings. The largest absolute Gasteiger partial charge is 0.209 e. The zero-order valence-electron chi connectivity index (χ0n) is 6.94. The van der Waals surface area contributed by atoms with Gasteiger partial charge in [-0.25, -0.2) is 4.89 Å². The molecule has 0 radical (unpaired) electrons. The molecule has 12 heavy (non-hydrogen) atoms. The molecule has 0 atom stereocenters. The Morgan fingerprint density at radius 3 is 2.42 bits per heavy atom. The maximum Gasteiger partial charge on any atom is 0.0744 e. The molecule has 66 valence electrons. The summed E-state index contributed by atoms with van der Waals surface area (Å²) in [6.07, 6.45) is 0. The van der Waals surface area contributed by atoms with Crippen LogP contribution in [0.25, 0.3) is 0 Å². The molecule has 0 unspecified atom stereocenters. The van der Waals surface area contributed by atoms with E-state index in [4.69, 9.17) is 0 Å². The monoisotopic (exact) mass is 186 g/mol. The molecular formula is C8H10O3S. The van der Waals surface area contributed by atoms with E-state index in [1.54, 1.807) is 0 Å². The molecule has 1 aromatic rings. The van der Waals surface area contributed by atoms with Crippen LogP contribution in [0.5, 0.6) is 0 Å². The molecule has 0 saturated carbocycles. The third-order valence-corrected chi connectivity index (χ3v) is 1.84. The fourth-order valence-corrected chi connectivity index (χ4v) is 1.08. The van der Waals surface area contributed by atoms with E-state index >= 15 is 0 Å². The topological polar surface area (TPSA) is 27.7 Å². The average Bonchev–Trinajstić information content (AvgIpc) is 2.09. The van der Waals surface area contributed by atoms with E-state index in [9.17, 15) is 0 Å². The van der Waals surface area contributed by atoms with Gasteiger partial charge in [-0.15, -0.1) is 4.33 Å². The lowest BCUT2D eigenvalue weighted by Gasteiger charge is -1.98. The third-order valence-electron chi connectivity index (χ3n) is 1.25. The minimum atomic E-state index is 0.970. The molecule has 1 rings (SSSR count). The van der Waals surface area contributed by atoms with E-state index in [-0.39, 0.29) is 0 Å². The van der Waals surface area contributed by atoms with Gasteiger partial charge in [0.1, 0.15) is 0 Å². The fourth-order valence-electron chi connectivity index (χ4n) is 0.675. The van der Waals surface area contributed by atoms with E-state index < -0.39 is 0 Å². The van der Waals surface area contributed by atoms with Gasteiger partial charge in [0.15, 0.2) is 0 Å². The van der Waals surface area contributed by atoms with Crippen LogP contribution in [0, 0.1) is 6.92 Å². The second kappa shape index (κ2) is 5.16. The van der Waals surface area contributed by atoms with Crippen molar-refractivity contribution in [3.05, 3.63) is 29.8 Å². The first-order chi connectivity index (χ1) is 5.83. The maximum absolute atomic E-state index is 4.60. The molecule has 0 aliphatic carbocycles. The van der Waals surface area contributed by atoms with Gasteiger partial charge in [0.25, 0.3) is 0 Å². The highest BCUT2D eigenvalue weighted by Crippen LogP contribution is 2.19. The predicted octanol–water partition coefficient (Wildman–Crippen LogP) is 2.51. The number of rotatable bonds is 4. The molecular weight excluding hydrogens is 176 g/mol. The molecule has 0 aliphatic heterocycles. The van der Waals surface area contributed by atoms with Gasteiger partial charge in [-0.1, -0.05) is 22.7 Å². The van der Waals surface area contributed by atoms with Gasteiger partial charge < -0.3 is 0 Å². The van der Waals surface area contributed by atoms with Gasteiger partial charge >= 0.3 is 0 Å². The van der Waals surface area contributed by atoms with E-state index in [0.29, 0.717) is 0 Å². The number of hydrogen-bond acceptors (Lipinski definition) is 4. The molecule has 0 spiro atoms. The van der Waals surface area contributed by atoms with Crippen molar-refractivity contribution in [1.29, 1.82) is 0 Å². The summed E-state index contributed by atoms with van der Waals surface area (Å²) in [5.41, 5.74) is 1.21. The molecule has 0 aromatic heterocycles. The average molecular weight is 186 g/mol. The van der Waals surface area contributed by atoms with E-state index in [2.05, 4.69) is 14.3 Å².